The van der Waals surface area contributed by atoms with E-state index >= 15 is 4.39 Å². The monoisotopic (exact) mass is 525 g/mol. The first-order valence-corrected chi connectivity index (χ1v) is 12.0. The van der Waals surface area contributed by atoms with Gasteiger partial charge in [0.05, 0.1) is 7.11 Å². The topological polar surface area (TPSA) is 103 Å². The fourth-order valence-corrected chi connectivity index (χ4v) is 3.50. The minimum absolute atomic E-state index is 0.0234. The Hall–Kier alpha value is -4.11. The Morgan fingerprint density at radius 2 is 1.45 bits per heavy atom. The highest BCUT2D eigenvalue weighted by molar-refractivity contribution is 5.82. The molecule has 0 saturated carbocycles. The lowest BCUT2D eigenvalue weighted by Gasteiger charge is -2.26. The maximum absolute atomic E-state index is 15.9. The van der Waals surface area contributed by atoms with E-state index in [0.717, 1.165) is 18.2 Å². The molecule has 3 rings (SSSR count). The molecule has 3 aromatic carbocycles. The molecule has 2 atom stereocenters. The minimum atomic E-state index is -1.82. The zero-order chi connectivity index (χ0) is 27.7. The van der Waals surface area contributed by atoms with Gasteiger partial charge < -0.3 is 29.4 Å². The third-order valence-corrected chi connectivity index (χ3v) is 5.32. The van der Waals surface area contributed by atoms with Gasteiger partial charge in [-0.25, -0.2) is 14.0 Å². The fraction of sp³-hybridized carbons (Fsp3) is 0.310. The molecule has 0 unspecified atom stereocenters. The first kappa shape index (κ1) is 28.5. The van der Waals surface area contributed by atoms with E-state index in [1.807, 2.05) is 60.7 Å². The number of halogens is 1. The Bertz CT molecular complexity index is 1210. The molecule has 0 radical (unpaired) electrons. The van der Waals surface area contributed by atoms with Crippen molar-refractivity contribution >= 4 is 12.1 Å². The van der Waals surface area contributed by atoms with E-state index < -0.39 is 35.6 Å². The van der Waals surface area contributed by atoms with Crippen LogP contribution in [0.1, 0.15) is 43.6 Å². The number of nitrogens with one attached hydrogen (secondary N) is 1. The molecule has 0 fully saturated rings. The summed E-state index contributed by atoms with van der Waals surface area (Å²) in [5, 5.41) is 13.3. The van der Waals surface area contributed by atoms with E-state index in [2.05, 4.69) is 5.32 Å². The second-order valence-corrected chi connectivity index (χ2v) is 9.44. The number of methoxy groups -OCH3 is 1. The minimum Gasteiger partial charge on any atom is -0.485 e. The lowest BCUT2D eigenvalue weighted by molar-refractivity contribution is -0.146. The van der Waals surface area contributed by atoms with Crippen LogP contribution in [-0.4, -0.2) is 35.9 Å². The summed E-state index contributed by atoms with van der Waals surface area (Å²) in [4.78, 5) is 24.8. The molecule has 0 aliphatic rings. The Balaban J connectivity index is 1.92. The number of hydrogen-bond acceptors (Lipinski definition) is 7. The number of ether oxygens (including phenoxy) is 4. The van der Waals surface area contributed by atoms with Crippen LogP contribution in [0.3, 0.4) is 0 Å². The summed E-state index contributed by atoms with van der Waals surface area (Å²) < 4.78 is 37.4. The van der Waals surface area contributed by atoms with Crippen molar-refractivity contribution in [1.82, 2.24) is 5.32 Å². The highest BCUT2D eigenvalue weighted by Gasteiger charge is 2.35. The van der Waals surface area contributed by atoms with Gasteiger partial charge in [0.1, 0.15) is 24.9 Å². The first-order chi connectivity index (χ1) is 18.1. The van der Waals surface area contributed by atoms with Crippen molar-refractivity contribution < 1.29 is 38.0 Å². The molecule has 0 bridgehead atoms. The standard InChI is InChI=1S/C29H32FNO7/c1-29(2,3)38-28(34)31-24(27(33)35-4)25(32)21-15-16-22(36-17-19-11-7-5-8-12-19)26(23(21)30)37-18-20-13-9-6-10-14-20/h5-16,24-25,32H,17-18H2,1-4H3,(H,31,34)/t24-,25+/m0/s1. The van der Waals surface area contributed by atoms with E-state index in [9.17, 15) is 14.7 Å². The van der Waals surface area contributed by atoms with Crippen molar-refractivity contribution in [2.75, 3.05) is 7.11 Å². The third-order valence-electron chi connectivity index (χ3n) is 5.32. The summed E-state index contributed by atoms with van der Waals surface area (Å²) in [5.41, 5.74) is 0.479. The van der Waals surface area contributed by atoms with Crippen LogP contribution in [0.25, 0.3) is 0 Å². The van der Waals surface area contributed by atoms with Crippen LogP contribution in [0.4, 0.5) is 9.18 Å². The third kappa shape index (κ3) is 7.94. The highest BCUT2D eigenvalue weighted by Crippen LogP contribution is 2.37. The van der Waals surface area contributed by atoms with Crippen molar-refractivity contribution in [3.8, 4) is 11.5 Å². The molecule has 1 amide bonds. The molecule has 38 heavy (non-hydrogen) atoms. The molecule has 0 aromatic heterocycles. The van der Waals surface area contributed by atoms with Crippen LogP contribution in [0.2, 0.25) is 0 Å². The van der Waals surface area contributed by atoms with Crippen LogP contribution in [0.5, 0.6) is 11.5 Å². The maximum Gasteiger partial charge on any atom is 0.408 e. The quantitative estimate of drug-likeness (QED) is 0.356. The molecule has 0 aliphatic heterocycles. The van der Waals surface area contributed by atoms with Gasteiger partial charge in [0.15, 0.2) is 23.4 Å². The number of aliphatic hydroxyl groups is 1. The van der Waals surface area contributed by atoms with Gasteiger partial charge in [-0.15, -0.1) is 0 Å². The van der Waals surface area contributed by atoms with Crippen molar-refractivity contribution in [3.63, 3.8) is 0 Å². The molecule has 0 saturated heterocycles. The number of carbonyl (C=O) groups excluding carboxylic acids is 2. The number of esters is 1. The Labute approximate surface area is 221 Å². The molecule has 3 aromatic rings. The van der Waals surface area contributed by atoms with Crippen LogP contribution in [0, 0.1) is 5.82 Å². The van der Waals surface area contributed by atoms with E-state index in [0.29, 0.717) is 0 Å². The lowest BCUT2D eigenvalue weighted by atomic mass is 10.0. The molecule has 0 heterocycles. The predicted molar refractivity (Wildman–Crippen MR) is 138 cm³/mol. The zero-order valence-electron chi connectivity index (χ0n) is 21.8. The number of aliphatic hydroxyl groups excluding tert-OH is 1. The number of rotatable bonds is 10. The average Bonchev–Trinajstić information content (AvgIpc) is 2.89. The summed E-state index contributed by atoms with van der Waals surface area (Å²) in [6.45, 7) is 5.09. The van der Waals surface area contributed by atoms with Crippen LogP contribution in [-0.2, 0) is 27.5 Å². The van der Waals surface area contributed by atoms with Gasteiger partial charge >= 0.3 is 12.1 Å². The van der Waals surface area contributed by atoms with Crippen LogP contribution in [0.15, 0.2) is 72.8 Å². The molecule has 9 heteroatoms. The summed E-state index contributed by atoms with van der Waals surface area (Å²) in [5.74, 6) is -2.08. The molecule has 8 nitrogen and oxygen atoms in total. The molecule has 202 valence electrons. The van der Waals surface area contributed by atoms with Gasteiger partial charge in [-0.2, -0.15) is 0 Å². The van der Waals surface area contributed by atoms with Crippen LogP contribution >= 0.6 is 0 Å². The highest BCUT2D eigenvalue weighted by atomic mass is 19.1. The van der Waals surface area contributed by atoms with Gasteiger partial charge in [-0.05, 0) is 44.0 Å². The summed E-state index contributed by atoms with van der Waals surface area (Å²) in [6.07, 6.45) is -2.80. The number of carbonyl (C=O) groups is 2. The second-order valence-electron chi connectivity index (χ2n) is 9.44. The van der Waals surface area contributed by atoms with Crippen molar-refractivity contribution in [2.45, 2.75) is 51.7 Å². The SMILES string of the molecule is COC(=O)[C@@H](NC(=O)OC(C)(C)C)[C@H](O)c1ccc(OCc2ccccc2)c(OCc2ccccc2)c1F. The average molecular weight is 526 g/mol. The normalized spacial score (nSPS) is 12.7. The molecular weight excluding hydrogens is 493 g/mol. The van der Waals surface area contributed by atoms with E-state index in [-0.39, 0.29) is 30.3 Å². The Kier molecular flexibility index (Phi) is 9.67. The lowest BCUT2D eigenvalue weighted by Crippen LogP contribution is -2.47. The smallest absolute Gasteiger partial charge is 0.408 e. The number of alkyl carbamates (subject to hydrolysis) is 1. The molecular formula is C29H32FNO7. The largest absolute Gasteiger partial charge is 0.485 e. The second kappa shape index (κ2) is 12.9. The van der Waals surface area contributed by atoms with Gasteiger partial charge in [0, 0.05) is 5.56 Å². The number of hydrogen-bond donors (Lipinski definition) is 2. The van der Waals surface area contributed by atoms with Gasteiger partial charge in [0.2, 0.25) is 0 Å². The maximum atomic E-state index is 15.9. The summed E-state index contributed by atoms with van der Waals surface area (Å²) in [7, 11) is 1.09. The van der Waals surface area contributed by atoms with E-state index in [4.69, 9.17) is 18.9 Å². The van der Waals surface area contributed by atoms with Gasteiger partial charge in [-0.3, -0.25) is 0 Å². The molecule has 0 aliphatic carbocycles. The predicted octanol–water partition coefficient (Wildman–Crippen LogP) is 5.08. The molecule has 2 N–H and O–H groups in total. The molecule has 0 spiro atoms. The summed E-state index contributed by atoms with van der Waals surface area (Å²) in [6, 6.07) is 19.5. The Morgan fingerprint density at radius 1 is 0.895 bits per heavy atom. The zero-order valence-corrected chi connectivity index (χ0v) is 21.8. The first-order valence-electron chi connectivity index (χ1n) is 12.0. The number of benzene rings is 3. The van der Waals surface area contributed by atoms with Crippen molar-refractivity contribution in [1.29, 1.82) is 0 Å². The van der Waals surface area contributed by atoms with E-state index in [1.54, 1.807) is 20.8 Å². The van der Waals surface area contributed by atoms with Gasteiger partial charge in [0.25, 0.3) is 0 Å². The van der Waals surface area contributed by atoms with Crippen molar-refractivity contribution in [2.24, 2.45) is 0 Å². The van der Waals surface area contributed by atoms with E-state index in [1.165, 1.54) is 12.1 Å². The number of amides is 1. The Morgan fingerprint density at radius 3 is 1.97 bits per heavy atom. The van der Waals surface area contributed by atoms with Crippen LogP contribution < -0.4 is 14.8 Å². The van der Waals surface area contributed by atoms with Gasteiger partial charge in [-0.1, -0.05) is 60.7 Å². The fourth-order valence-electron chi connectivity index (χ4n) is 3.50. The van der Waals surface area contributed by atoms with Crippen molar-refractivity contribution in [3.05, 3.63) is 95.3 Å². The summed E-state index contributed by atoms with van der Waals surface area (Å²) >= 11 is 0.